The van der Waals surface area contributed by atoms with E-state index >= 15 is 0 Å². The van der Waals surface area contributed by atoms with E-state index in [1.807, 2.05) is 32.0 Å². The Labute approximate surface area is 257 Å². The van der Waals surface area contributed by atoms with Gasteiger partial charge in [-0.3, -0.25) is 0 Å². The van der Waals surface area contributed by atoms with Gasteiger partial charge in [0.15, 0.2) is 0 Å². The van der Waals surface area contributed by atoms with Crippen molar-refractivity contribution in [3.63, 3.8) is 0 Å². The molecule has 1 aromatic heterocycles. The predicted octanol–water partition coefficient (Wildman–Crippen LogP) is 10.2. The zero-order valence-electron chi connectivity index (χ0n) is 27.7. The number of hydrogen-bond donors (Lipinski definition) is 0. The highest BCUT2D eigenvalue weighted by Gasteiger charge is 2.20. The highest BCUT2D eigenvalue weighted by molar-refractivity contribution is 5.81. The Hall–Kier alpha value is -3.69. The van der Waals surface area contributed by atoms with Crippen LogP contribution >= 0.6 is 0 Å². The number of fused-ring (bicyclic) bond motifs is 1. The lowest BCUT2D eigenvalue weighted by Gasteiger charge is -2.23. The third-order valence-electron chi connectivity index (χ3n) is 6.98. The number of aromatic nitrogens is 1. The summed E-state index contributed by atoms with van der Waals surface area (Å²) in [5.41, 5.74) is 8.90. The molecule has 0 aliphatic rings. The third kappa shape index (κ3) is 11.3. The van der Waals surface area contributed by atoms with Gasteiger partial charge in [-0.05, 0) is 107 Å². The van der Waals surface area contributed by atoms with E-state index in [2.05, 4.69) is 127 Å². The van der Waals surface area contributed by atoms with Crippen molar-refractivity contribution in [1.82, 2.24) is 9.88 Å². The van der Waals surface area contributed by atoms with E-state index in [0.717, 1.165) is 37.2 Å². The van der Waals surface area contributed by atoms with Crippen LogP contribution in [0.2, 0.25) is 0 Å². The maximum absolute atomic E-state index is 5.74. The Morgan fingerprint density at radius 2 is 1.62 bits per heavy atom. The standard InChI is InChI=1S/C28H36N2O.C7H8.C2H6.C2H4/c1-7-10-25-20(3)11-9-12-26(25)22(15-16-30(4)5)18-24-19-23-17-21(8-2)13-14-27(23)29-28(24)31-6;1-7-5-3-2-4-6-7;2*1-2/h7,9-14,17,19,22H,8,15-16,18H2,1-6H3;2-6H,1H3;1-2H3;1-2H2/b10-7-;;;. The lowest BCUT2D eigenvalue weighted by atomic mass is 9.84. The van der Waals surface area contributed by atoms with Crippen LogP contribution < -0.4 is 4.74 Å². The van der Waals surface area contributed by atoms with Gasteiger partial charge in [-0.15, -0.1) is 13.2 Å². The van der Waals surface area contributed by atoms with Crippen LogP contribution in [0.4, 0.5) is 0 Å². The van der Waals surface area contributed by atoms with Crippen molar-refractivity contribution in [2.75, 3.05) is 27.7 Å². The normalized spacial score (nSPS) is 11.1. The van der Waals surface area contributed by atoms with E-state index in [1.54, 1.807) is 7.11 Å². The minimum atomic E-state index is 0.385. The summed E-state index contributed by atoms with van der Waals surface area (Å²) in [4.78, 5) is 7.11. The van der Waals surface area contributed by atoms with Gasteiger partial charge < -0.3 is 9.64 Å². The molecule has 1 heterocycles. The minimum Gasteiger partial charge on any atom is -0.481 e. The van der Waals surface area contributed by atoms with Gasteiger partial charge in [0.25, 0.3) is 0 Å². The molecule has 0 amide bonds. The van der Waals surface area contributed by atoms with E-state index in [0.29, 0.717) is 5.92 Å². The molecule has 0 spiro atoms. The molecule has 0 aliphatic carbocycles. The summed E-state index contributed by atoms with van der Waals surface area (Å²) in [7, 11) is 6.01. The summed E-state index contributed by atoms with van der Waals surface area (Å²) in [5.74, 6) is 1.13. The van der Waals surface area contributed by atoms with Crippen molar-refractivity contribution in [2.24, 2.45) is 0 Å². The van der Waals surface area contributed by atoms with Gasteiger partial charge in [0.2, 0.25) is 5.88 Å². The second kappa shape index (κ2) is 20.2. The molecule has 0 radical (unpaired) electrons. The first-order valence-electron chi connectivity index (χ1n) is 15.2. The number of rotatable bonds is 9. The lowest BCUT2D eigenvalue weighted by molar-refractivity contribution is 0.372. The molecule has 1 atom stereocenters. The van der Waals surface area contributed by atoms with E-state index < -0.39 is 0 Å². The molecule has 4 rings (SSSR count). The van der Waals surface area contributed by atoms with Crippen LogP contribution in [0.5, 0.6) is 5.88 Å². The van der Waals surface area contributed by atoms with Crippen LogP contribution in [-0.2, 0) is 12.8 Å². The SMILES string of the molecule is C/C=C\c1c(C)cccc1C(CCN(C)C)Cc1cc2cc(CC)ccc2nc1OC.C=C.CC.Cc1ccccc1. The Morgan fingerprint density at radius 1 is 0.929 bits per heavy atom. The zero-order valence-corrected chi connectivity index (χ0v) is 27.7. The molecule has 0 bridgehead atoms. The van der Waals surface area contributed by atoms with Gasteiger partial charge in [-0.2, -0.15) is 0 Å². The fraction of sp³-hybridized carbons (Fsp3) is 0.359. The van der Waals surface area contributed by atoms with Crippen LogP contribution in [0.25, 0.3) is 17.0 Å². The summed E-state index contributed by atoms with van der Waals surface area (Å²) < 4.78 is 5.74. The molecule has 3 aromatic carbocycles. The molecule has 0 saturated heterocycles. The number of aryl methyl sites for hydroxylation is 3. The molecular formula is C39H54N2O. The number of ether oxygens (including phenoxy) is 1. The first-order valence-corrected chi connectivity index (χ1v) is 15.2. The fourth-order valence-corrected chi connectivity index (χ4v) is 4.83. The van der Waals surface area contributed by atoms with Gasteiger partial charge >= 0.3 is 0 Å². The Morgan fingerprint density at radius 3 is 2.17 bits per heavy atom. The fourth-order valence-electron chi connectivity index (χ4n) is 4.83. The second-order valence-corrected chi connectivity index (χ2v) is 10.3. The lowest BCUT2D eigenvalue weighted by Crippen LogP contribution is -2.18. The third-order valence-corrected chi connectivity index (χ3v) is 6.98. The molecule has 226 valence electrons. The van der Waals surface area contributed by atoms with E-state index in [9.17, 15) is 0 Å². The van der Waals surface area contributed by atoms with Crippen molar-refractivity contribution >= 4 is 17.0 Å². The zero-order chi connectivity index (χ0) is 31.5. The van der Waals surface area contributed by atoms with Crippen molar-refractivity contribution in [3.8, 4) is 5.88 Å². The smallest absolute Gasteiger partial charge is 0.216 e. The summed E-state index contributed by atoms with van der Waals surface area (Å²) in [6.45, 7) is 19.6. The summed E-state index contributed by atoms with van der Waals surface area (Å²) in [5, 5.41) is 1.19. The average molecular weight is 567 g/mol. The van der Waals surface area contributed by atoms with Gasteiger partial charge in [0.05, 0.1) is 12.6 Å². The van der Waals surface area contributed by atoms with E-state index in [4.69, 9.17) is 9.72 Å². The van der Waals surface area contributed by atoms with Crippen LogP contribution in [0, 0.1) is 13.8 Å². The van der Waals surface area contributed by atoms with Crippen LogP contribution in [0.1, 0.15) is 73.4 Å². The van der Waals surface area contributed by atoms with Gasteiger partial charge in [0, 0.05) is 10.9 Å². The molecule has 1 unspecified atom stereocenters. The molecule has 0 fully saturated rings. The molecule has 0 saturated carbocycles. The van der Waals surface area contributed by atoms with E-state index in [1.165, 1.54) is 38.8 Å². The number of hydrogen-bond acceptors (Lipinski definition) is 3. The maximum atomic E-state index is 5.74. The van der Waals surface area contributed by atoms with Crippen LogP contribution in [0.15, 0.2) is 92.0 Å². The van der Waals surface area contributed by atoms with Crippen LogP contribution in [-0.4, -0.2) is 37.6 Å². The predicted molar refractivity (Wildman–Crippen MR) is 187 cm³/mol. The molecule has 4 aromatic rings. The van der Waals surface area contributed by atoms with Crippen molar-refractivity contribution in [3.05, 3.63) is 125 Å². The summed E-state index contributed by atoms with van der Waals surface area (Å²) in [6, 6.07) is 25.7. The molecule has 0 N–H and O–H groups in total. The van der Waals surface area contributed by atoms with Crippen LogP contribution in [0.3, 0.4) is 0 Å². The quantitative estimate of drug-likeness (QED) is 0.188. The Balaban J connectivity index is 0.000000682. The Kier molecular flexibility index (Phi) is 17.5. The van der Waals surface area contributed by atoms with Gasteiger partial charge in [-0.1, -0.05) is 93.1 Å². The Bertz CT molecular complexity index is 1340. The number of allylic oxidation sites excluding steroid dienone is 1. The summed E-state index contributed by atoms with van der Waals surface area (Å²) >= 11 is 0. The monoisotopic (exact) mass is 566 g/mol. The number of benzene rings is 3. The summed E-state index contributed by atoms with van der Waals surface area (Å²) in [6.07, 6.45) is 7.40. The maximum Gasteiger partial charge on any atom is 0.216 e. The number of nitrogens with zero attached hydrogens (tertiary/aromatic N) is 2. The topological polar surface area (TPSA) is 25.4 Å². The highest BCUT2D eigenvalue weighted by atomic mass is 16.5. The van der Waals surface area contributed by atoms with Gasteiger partial charge in [0.1, 0.15) is 0 Å². The first kappa shape index (κ1) is 36.3. The van der Waals surface area contributed by atoms with Crippen molar-refractivity contribution < 1.29 is 4.74 Å². The molecule has 0 aliphatic heterocycles. The number of pyridine rings is 1. The largest absolute Gasteiger partial charge is 0.481 e. The van der Waals surface area contributed by atoms with Gasteiger partial charge in [-0.25, -0.2) is 4.98 Å². The highest BCUT2D eigenvalue weighted by Crippen LogP contribution is 2.34. The number of methoxy groups -OCH3 is 1. The van der Waals surface area contributed by atoms with Crippen molar-refractivity contribution in [2.45, 2.75) is 66.7 Å². The van der Waals surface area contributed by atoms with Crippen molar-refractivity contribution in [1.29, 1.82) is 0 Å². The molecule has 3 nitrogen and oxygen atoms in total. The molecular weight excluding hydrogens is 512 g/mol. The molecule has 42 heavy (non-hydrogen) atoms. The minimum absolute atomic E-state index is 0.385. The first-order chi connectivity index (χ1) is 20.4. The van der Waals surface area contributed by atoms with E-state index in [-0.39, 0.29) is 0 Å². The second-order valence-electron chi connectivity index (χ2n) is 10.3. The molecule has 3 heteroatoms. The average Bonchev–Trinajstić information content (AvgIpc) is 3.02.